The van der Waals surface area contributed by atoms with Gasteiger partial charge in [0, 0.05) is 18.7 Å². The van der Waals surface area contributed by atoms with Crippen LogP contribution < -0.4 is 0 Å². The SMILES string of the molecule is CCn1c(-c2ccccc2C)nnc1S(=O)(=O)CCCCCO. The van der Waals surface area contributed by atoms with E-state index < -0.39 is 9.84 Å². The smallest absolute Gasteiger partial charge is 0.249 e. The van der Waals surface area contributed by atoms with Crippen molar-refractivity contribution in [3.63, 3.8) is 0 Å². The Hall–Kier alpha value is -1.73. The van der Waals surface area contributed by atoms with Gasteiger partial charge in [-0.2, -0.15) is 0 Å². The molecule has 0 spiro atoms. The van der Waals surface area contributed by atoms with E-state index in [4.69, 9.17) is 5.11 Å². The van der Waals surface area contributed by atoms with Crippen LogP contribution in [0.15, 0.2) is 29.4 Å². The number of sulfone groups is 1. The maximum absolute atomic E-state index is 12.5. The molecule has 0 saturated carbocycles. The van der Waals surface area contributed by atoms with Crippen molar-refractivity contribution in [1.82, 2.24) is 14.8 Å². The summed E-state index contributed by atoms with van der Waals surface area (Å²) in [5.74, 6) is 0.610. The zero-order valence-electron chi connectivity index (χ0n) is 13.6. The molecule has 0 saturated heterocycles. The fourth-order valence-electron chi connectivity index (χ4n) is 2.50. The second-order valence-corrected chi connectivity index (χ2v) is 7.47. The van der Waals surface area contributed by atoms with Gasteiger partial charge in [-0.15, -0.1) is 10.2 Å². The number of unbranched alkanes of at least 4 members (excludes halogenated alkanes) is 2. The summed E-state index contributed by atoms with van der Waals surface area (Å²) < 4.78 is 26.7. The maximum Gasteiger partial charge on any atom is 0.249 e. The highest BCUT2D eigenvalue weighted by atomic mass is 32.2. The second kappa shape index (κ2) is 7.70. The van der Waals surface area contributed by atoms with Gasteiger partial charge >= 0.3 is 0 Å². The average Bonchev–Trinajstić information content (AvgIpc) is 2.96. The summed E-state index contributed by atoms with van der Waals surface area (Å²) in [5, 5.41) is 16.9. The highest BCUT2D eigenvalue weighted by molar-refractivity contribution is 7.91. The number of hydrogen-bond donors (Lipinski definition) is 1. The van der Waals surface area contributed by atoms with Gasteiger partial charge in [0.15, 0.2) is 5.82 Å². The van der Waals surface area contributed by atoms with Crippen LogP contribution in [0, 0.1) is 6.92 Å². The number of aliphatic hydroxyl groups excluding tert-OH is 1. The van der Waals surface area contributed by atoms with Crippen LogP contribution in [-0.2, 0) is 16.4 Å². The molecule has 0 radical (unpaired) electrons. The first-order valence-corrected chi connectivity index (χ1v) is 9.49. The molecule has 2 rings (SSSR count). The van der Waals surface area contributed by atoms with Gasteiger partial charge in [-0.1, -0.05) is 30.7 Å². The quantitative estimate of drug-likeness (QED) is 0.747. The number of hydrogen-bond acceptors (Lipinski definition) is 5. The Balaban J connectivity index is 2.33. The summed E-state index contributed by atoms with van der Waals surface area (Å²) in [7, 11) is -3.48. The lowest BCUT2D eigenvalue weighted by Gasteiger charge is -2.09. The van der Waals surface area contributed by atoms with Crippen LogP contribution in [0.2, 0.25) is 0 Å². The number of aliphatic hydroxyl groups is 1. The summed E-state index contributed by atoms with van der Waals surface area (Å²) in [6.07, 6.45) is 1.81. The minimum Gasteiger partial charge on any atom is -0.396 e. The van der Waals surface area contributed by atoms with E-state index >= 15 is 0 Å². The van der Waals surface area contributed by atoms with Crippen LogP contribution >= 0.6 is 0 Å². The molecular formula is C16H23N3O3S. The Morgan fingerprint density at radius 3 is 2.52 bits per heavy atom. The van der Waals surface area contributed by atoms with Gasteiger partial charge < -0.3 is 5.11 Å². The predicted octanol–water partition coefficient (Wildman–Crippen LogP) is 2.21. The molecule has 0 bridgehead atoms. The van der Waals surface area contributed by atoms with E-state index in [-0.39, 0.29) is 17.5 Å². The normalized spacial score (nSPS) is 11.8. The lowest BCUT2D eigenvalue weighted by atomic mass is 10.1. The molecule has 0 fully saturated rings. The lowest BCUT2D eigenvalue weighted by Crippen LogP contribution is -2.14. The number of nitrogens with zero attached hydrogens (tertiary/aromatic N) is 3. The fraction of sp³-hybridized carbons (Fsp3) is 0.500. The number of rotatable bonds is 8. The molecule has 0 amide bonds. The van der Waals surface area contributed by atoms with Crippen molar-refractivity contribution in [3.05, 3.63) is 29.8 Å². The fourth-order valence-corrected chi connectivity index (χ4v) is 3.98. The molecule has 1 aromatic heterocycles. The number of aromatic nitrogens is 3. The van der Waals surface area contributed by atoms with Crippen molar-refractivity contribution in [1.29, 1.82) is 0 Å². The molecule has 0 atom stereocenters. The van der Waals surface area contributed by atoms with Crippen LogP contribution in [0.4, 0.5) is 0 Å². The first-order valence-electron chi connectivity index (χ1n) is 7.84. The summed E-state index contributed by atoms with van der Waals surface area (Å²) in [6, 6.07) is 7.72. The van der Waals surface area contributed by atoms with Gasteiger partial charge in [0.1, 0.15) is 0 Å². The highest BCUT2D eigenvalue weighted by Crippen LogP contribution is 2.24. The lowest BCUT2D eigenvalue weighted by molar-refractivity contribution is 0.284. The monoisotopic (exact) mass is 337 g/mol. The molecule has 6 nitrogen and oxygen atoms in total. The van der Waals surface area contributed by atoms with E-state index in [0.29, 0.717) is 31.6 Å². The summed E-state index contributed by atoms with van der Waals surface area (Å²) in [5.41, 5.74) is 1.92. The summed E-state index contributed by atoms with van der Waals surface area (Å²) in [6.45, 7) is 4.42. The molecule has 2 aromatic rings. The molecule has 0 unspecified atom stereocenters. The van der Waals surface area contributed by atoms with E-state index in [0.717, 1.165) is 11.1 Å². The largest absolute Gasteiger partial charge is 0.396 e. The molecule has 126 valence electrons. The predicted molar refractivity (Wildman–Crippen MR) is 88.9 cm³/mol. The van der Waals surface area contributed by atoms with Crippen molar-refractivity contribution in [3.8, 4) is 11.4 Å². The van der Waals surface area contributed by atoms with E-state index in [1.165, 1.54) is 0 Å². The van der Waals surface area contributed by atoms with Crippen molar-refractivity contribution >= 4 is 9.84 Å². The van der Waals surface area contributed by atoms with Crippen molar-refractivity contribution in [2.75, 3.05) is 12.4 Å². The third-order valence-corrected chi connectivity index (χ3v) is 5.45. The van der Waals surface area contributed by atoms with Gasteiger partial charge in [-0.25, -0.2) is 8.42 Å². The molecule has 0 aliphatic carbocycles. The van der Waals surface area contributed by atoms with Gasteiger partial charge in [0.05, 0.1) is 5.75 Å². The first kappa shape index (κ1) is 17.6. The van der Waals surface area contributed by atoms with Crippen LogP contribution in [0.25, 0.3) is 11.4 Å². The summed E-state index contributed by atoms with van der Waals surface area (Å²) >= 11 is 0. The van der Waals surface area contributed by atoms with Crippen LogP contribution in [0.3, 0.4) is 0 Å². The zero-order chi connectivity index (χ0) is 16.9. The van der Waals surface area contributed by atoms with Gasteiger partial charge in [0.2, 0.25) is 15.0 Å². The van der Waals surface area contributed by atoms with Crippen LogP contribution in [0.5, 0.6) is 0 Å². The van der Waals surface area contributed by atoms with Gasteiger partial charge in [-0.05, 0) is 32.3 Å². The molecule has 1 aromatic carbocycles. The van der Waals surface area contributed by atoms with E-state index in [1.54, 1.807) is 4.57 Å². The van der Waals surface area contributed by atoms with Gasteiger partial charge in [0.25, 0.3) is 0 Å². The maximum atomic E-state index is 12.5. The van der Waals surface area contributed by atoms with Crippen molar-refractivity contribution < 1.29 is 13.5 Å². The van der Waals surface area contributed by atoms with E-state index in [1.807, 2.05) is 38.1 Å². The molecule has 7 heteroatoms. The Morgan fingerprint density at radius 1 is 1.13 bits per heavy atom. The Morgan fingerprint density at radius 2 is 1.87 bits per heavy atom. The van der Waals surface area contributed by atoms with Gasteiger partial charge in [-0.3, -0.25) is 4.57 Å². The minimum atomic E-state index is -3.48. The van der Waals surface area contributed by atoms with E-state index in [9.17, 15) is 8.42 Å². The summed E-state index contributed by atoms with van der Waals surface area (Å²) in [4.78, 5) is 0. The average molecular weight is 337 g/mol. The topological polar surface area (TPSA) is 85.1 Å². The Kier molecular flexibility index (Phi) is 5.90. The van der Waals surface area contributed by atoms with Crippen molar-refractivity contribution in [2.24, 2.45) is 0 Å². The molecule has 0 aliphatic heterocycles. The van der Waals surface area contributed by atoms with E-state index in [2.05, 4.69) is 10.2 Å². The number of benzene rings is 1. The van der Waals surface area contributed by atoms with Crippen LogP contribution in [-0.4, -0.2) is 40.6 Å². The molecule has 1 N–H and O–H groups in total. The highest BCUT2D eigenvalue weighted by Gasteiger charge is 2.24. The molecule has 0 aliphatic rings. The Labute approximate surface area is 137 Å². The first-order chi connectivity index (χ1) is 11.0. The number of aryl methyl sites for hydroxylation is 1. The van der Waals surface area contributed by atoms with Crippen molar-refractivity contribution in [2.45, 2.75) is 44.8 Å². The molecule has 1 heterocycles. The molecule has 23 heavy (non-hydrogen) atoms. The zero-order valence-corrected chi connectivity index (χ0v) is 14.4. The third kappa shape index (κ3) is 3.97. The standard InChI is InChI=1S/C16H23N3O3S/c1-3-19-15(14-10-6-5-9-13(14)2)17-18-16(19)23(21,22)12-8-4-7-11-20/h5-6,9-10,20H,3-4,7-8,11-12H2,1-2H3. The van der Waals surface area contributed by atoms with Crippen LogP contribution in [0.1, 0.15) is 31.7 Å². The minimum absolute atomic E-state index is 0.0267. The third-order valence-electron chi connectivity index (χ3n) is 3.77. The molecular weight excluding hydrogens is 314 g/mol. The Bertz CT molecular complexity index is 754. The second-order valence-electron chi connectivity index (χ2n) is 5.47.